The van der Waals surface area contributed by atoms with E-state index in [2.05, 4.69) is 0 Å². The molecule has 1 saturated heterocycles. The van der Waals surface area contributed by atoms with Crippen molar-refractivity contribution in [1.29, 1.82) is 0 Å². The predicted octanol–water partition coefficient (Wildman–Crippen LogP) is 0.845. The third kappa shape index (κ3) is 3.38. The summed E-state index contributed by atoms with van der Waals surface area (Å²) in [6.45, 7) is 2.28. The maximum atomic E-state index is 12.5. The van der Waals surface area contributed by atoms with Crippen molar-refractivity contribution in [2.75, 3.05) is 33.4 Å². The Kier molecular flexibility index (Phi) is 5.15. The van der Waals surface area contributed by atoms with Crippen LogP contribution in [-0.2, 0) is 21.2 Å². The Balaban J connectivity index is 2.10. The molecule has 1 fully saturated rings. The Morgan fingerprint density at radius 1 is 1.35 bits per heavy atom. The molecule has 1 heterocycles. The molecule has 6 heteroatoms. The van der Waals surface area contributed by atoms with Gasteiger partial charge in [0, 0.05) is 20.2 Å². The van der Waals surface area contributed by atoms with Gasteiger partial charge in [0.1, 0.15) is 0 Å². The van der Waals surface area contributed by atoms with Crippen molar-refractivity contribution in [3.05, 3.63) is 29.8 Å². The molecule has 0 bridgehead atoms. The highest BCUT2D eigenvalue weighted by Crippen LogP contribution is 2.24. The van der Waals surface area contributed by atoms with E-state index in [0.717, 1.165) is 18.4 Å². The molecule has 112 valence electrons. The van der Waals surface area contributed by atoms with Gasteiger partial charge in [-0.25, -0.2) is 8.42 Å². The Bertz CT molecular complexity index is 528. The Hall–Kier alpha value is -0.950. The van der Waals surface area contributed by atoms with Crippen molar-refractivity contribution in [1.82, 2.24) is 4.31 Å². The first-order valence-corrected chi connectivity index (χ1v) is 8.30. The molecular weight excluding hydrogens is 276 g/mol. The van der Waals surface area contributed by atoms with E-state index in [1.54, 1.807) is 19.2 Å². The maximum absolute atomic E-state index is 12.5. The predicted molar refractivity (Wildman–Crippen MR) is 77.9 cm³/mol. The third-order valence-corrected chi connectivity index (χ3v) is 5.62. The summed E-state index contributed by atoms with van der Waals surface area (Å²) in [5.74, 6) is 0.283. The molecule has 1 atom stereocenters. The minimum Gasteiger partial charge on any atom is -0.384 e. The molecule has 0 aromatic heterocycles. The topological polar surface area (TPSA) is 72.6 Å². The van der Waals surface area contributed by atoms with E-state index >= 15 is 0 Å². The lowest BCUT2D eigenvalue weighted by Gasteiger charge is -2.16. The van der Waals surface area contributed by atoms with Gasteiger partial charge in [0.15, 0.2) is 0 Å². The van der Waals surface area contributed by atoms with Crippen molar-refractivity contribution in [3.8, 4) is 0 Å². The number of hydrogen-bond donors (Lipinski definition) is 1. The van der Waals surface area contributed by atoms with Gasteiger partial charge in [-0.1, -0.05) is 12.1 Å². The second-order valence-electron chi connectivity index (χ2n) is 5.14. The highest BCUT2D eigenvalue weighted by atomic mass is 32.2. The van der Waals surface area contributed by atoms with Crippen molar-refractivity contribution in [3.63, 3.8) is 0 Å². The third-order valence-electron chi connectivity index (χ3n) is 3.74. The lowest BCUT2D eigenvalue weighted by molar-refractivity contribution is 0.202. The lowest BCUT2D eigenvalue weighted by atomic mass is 10.1. The number of hydrogen-bond acceptors (Lipinski definition) is 4. The first-order valence-electron chi connectivity index (χ1n) is 6.86. The van der Waals surface area contributed by atoms with Crippen molar-refractivity contribution in [2.24, 2.45) is 11.7 Å². The summed E-state index contributed by atoms with van der Waals surface area (Å²) < 4.78 is 31.5. The Morgan fingerprint density at radius 2 is 2.05 bits per heavy atom. The Morgan fingerprint density at radius 3 is 2.60 bits per heavy atom. The van der Waals surface area contributed by atoms with Gasteiger partial charge in [-0.15, -0.1) is 0 Å². The largest absolute Gasteiger partial charge is 0.384 e. The van der Waals surface area contributed by atoms with E-state index in [1.165, 1.54) is 4.31 Å². The summed E-state index contributed by atoms with van der Waals surface area (Å²) in [4.78, 5) is 0.358. The number of ether oxygens (including phenoxy) is 1. The van der Waals surface area contributed by atoms with Gasteiger partial charge in [0.05, 0.1) is 11.5 Å². The minimum absolute atomic E-state index is 0.283. The van der Waals surface area contributed by atoms with Crippen LogP contribution in [0.1, 0.15) is 12.0 Å². The zero-order valence-corrected chi connectivity index (χ0v) is 12.6. The monoisotopic (exact) mass is 298 g/mol. The zero-order valence-electron chi connectivity index (χ0n) is 11.8. The molecule has 5 nitrogen and oxygen atoms in total. The first kappa shape index (κ1) is 15.4. The number of methoxy groups -OCH3 is 1. The molecule has 1 aromatic carbocycles. The van der Waals surface area contributed by atoms with Crippen LogP contribution >= 0.6 is 0 Å². The molecule has 2 N–H and O–H groups in total. The molecule has 1 aliphatic heterocycles. The standard InChI is InChI=1S/C14H22N2O3S/c1-19-9-7-12-2-4-14(5-3-12)20(17,18)16-8-6-13(10-15)11-16/h2-5,13H,6-11,15H2,1H3. The van der Waals surface area contributed by atoms with Crippen LogP contribution in [0.2, 0.25) is 0 Å². The van der Waals surface area contributed by atoms with Crippen LogP contribution in [0.25, 0.3) is 0 Å². The summed E-state index contributed by atoms with van der Waals surface area (Å²) >= 11 is 0. The van der Waals surface area contributed by atoms with Crippen LogP contribution in [-0.4, -0.2) is 46.1 Å². The molecule has 1 aromatic rings. The van der Waals surface area contributed by atoms with E-state index in [0.29, 0.717) is 31.1 Å². The average Bonchev–Trinajstić information content (AvgIpc) is 2.95. The fourth-order valence-corrected chi connectivity index (χ4v) is 3.94. The molecule has 1 unspecified atom stereocenters. The van der Waals surface area contributed by atoms with Crippen molar-refractivity contribution < 1.29 is 13.2 Å². The van der Waals surface area contributed by atoms with E-state index in [-0.39, 0.29) is 5.92 Å². The van der Waals surface area contributed by atoms with E-state index in [1.807, 2.05) is 12.1 Å². The molecule has 0 saturated carbocycles. The average molecular weight is 298 g/mol. The first-order chi connectivity index (χ1) is 9.57. The molecule has 2 rings (SSSR count). The highest BCUT2D eigenvalue weighted by molar-refractivity contribution is 7.89. The SMILES string of the molecule is COCCc1ccc(S(=O)(=O)N2CCC(CN)C2)cc1. The van der Waals surface area contributed by atoms with Gasteiger partial charge >= 0.3 is 0 Å². The lowest BCUT2D eigenvalue weighted by Crippen LogP contribution is -2.30. The number of rotatable bonds is 6. The summed E-state index contributed by atoms with van der Waals surface area (Å²) in [7, 11) is -1.72. The smallest absolute Gasteiger partial charge is 0.243 e. The summed E-state index contributed by atoms with van der Waals surface area (Å²) in [5, 5.41) is 0. The van der Waals surface area contributed by atoms with Crippen molar-refractivity contribution in [2.45, 2.75) is 17.7 Å². The maximum Gasteiger partial charge on any atom is 0.243 e. The van der Waals surface area contributed by atoms with Gasteiger partial charge in [0.2, 0.25) is 10.0 Å². The normalized spacial score (nSPS) is 20.4. The fourth-order valence-electron chi connectivity index (χ4n) is 2.40. The number of nitrogens with zero attached hydrogens (tertiary/aromatic N) is 1. The summed E-state index contributed by atoms with van der Waals surface area (Å²) in [5.41, 5.74) is 6.69. The molecule has 0 radical (unpaired) electrons. The van der Waals surface area contributed by atoms with E-state index in [9.17, 15) is 8.42 Å². The fraction of sp³-hybridized carbons (Fsp3) is 0.571. The van der Waals surface area contributed by atoms with Crippen molar-refractivity contribution >= 4 is 10.0 Å². The van der Waals surface area contributed by atoms with E-state index < -0.39 is 10.0 Å². The molecule has 0 aliphatic carbocycles. The quantitative estimate of drug-likeness (QED) is 0.845. The van der Waals surface area contributed by atoms with Gasteiger partial charge < -0.3 is 10.5 Å². The van der Waals surface area contributed by atoms with Crippen LogP contribution in [0, 0.1) is 5.92 Å². The van der Waals surface area contributed by atoms with Crippen LogP contribution in [0.15, 0.2) is 29.2 Å². The second-order valence-corrected chi connectivity index (χ2v) is 7.08. The molecular formula is C14H22N2O3S. The molecule has 0 amide bonds. The number of sulfonamides is 1. The van der Waals surface area contributed by atoms with Gasteiger partial charge in [0.25, 0.3) is 0 Å². The highest BCUT2D eigenvalue weighted by Gasteiger charge is 2.31. The van der Waals surface area contributed by atoms with Crippen LogP contribution in [0.4, 0.5) is 0 Å². The second kappa shape index (κ2) is 6.67. The zero-order chi connectivity index (χ0) is 14.6. The van der Waals surface area contributed by atoms with E-state index in [4.69, 9.17) is 10.5 Å². The Labute approximate surface area is 120 Å². The molecule has 1 aliphatic rings. The van der Waals surface area contributed by atoms with Crippen LogP contribution < -0.4 is 5.73 Å². The van der Waals surface area contributed by atoms with Crippen LogP contribution in [0.3, 0.4) is 0 Å². The molecule has 20 heavy (non-hydrogen) atoms. The van der Waals surface area contributed by atoms with Crippen LogP contribution in [0.5, 0.6) is 0 Å². The minimum atomic E-state index is -3.37. The molecule has 0 spiro atoms. The summed E-state index contributed by atoms with van der Waals surface area (Å²) in [6, 6.07) is 7.05. The number of nitrogens with two attached hydrogens (primary N) is 1. The van der Waals surface area contributed by atoms with Gasteiger partial charge in [-0.2, -0.15) is 4.31 Å². The summed E-state index contributed by atoms with van der Waals surface area (Å²) in [6.07, 6.45) is 1.64. The van der Waals surface area contributed by atoms with Gasteiger partial charge in [-0.05, 0) is 43.0 Å². The number of benzene rings is 1. The van der Waals surface area contributed by atoms with Gasteiger partial charge in [-0.3, -0.25) is 0 Å².